The van der Waals surface area contributed by atoms with Crippen LogP contribution in [0.25, 0.3) is 0 Å². The number of carboxylic acids is 1. The Hall–Kier alpha value is -2.15. The molecule has 30 heavy (non-hydrogen) atoms. The van der Waals surface area contributed by atoms with Gasteiger partial charge in [0.25, 0.3) is 5.91 Å². The number of carbonyl (C=O) groups is 3. The number of anilines is 1. The van der Waals surface area contributed by atoms with E-state index in [1.807, 2.05) is 12.2 Å². The molecule has 6 rings (SSSR count). The van der Waals surface area contributed by atoms with Gasteiger partial charge in [0.1, 0.15) is 5.00 Å². The molecule has 5 atom stereocenters. The molecule has 7 heteroatoms. The van der Waals surface area contributed by atoms with Crippen molar-refractivity contribution < 1.29 is 19.5 Å². The van der Waals surface area contributed by atoms with Crippen molar-refractivity contribution >= 4 is 34.1 Å². The summed E-state index contributed by atoms with van der Waals surface area (Å²) in [6, 6.07) is 0.245. The predicted octanol–water partition coefficient (Wildman–Crippen LogP) is 3.62. The fourth-order valence-corrected chi connectivity index (χ4v) is 6.86. The molecule has 2 amide bonds. The second kappa shape index (κ2) is 7.52. The lowest BCUT2D eigenvalue weighted by Gasteiger charge is -2.41. The van der Waals surface area contributed by atoms with Gasteiger partial charge in [-0.1, -0.05) is 19.1 Å². The number of carbonyl (C=O) groups excluding carboxylic acids is 2. The summed E-state index contributed by atoms with van der Waals surface area (Å²) in [4.78, 5) is 39.5. The zero-order valence-electron chi connectivity index (χ0n) is 17.1. The molecular formula is C23H28N2O4S. The van der Waals surface area contributed by atoms with E-state index in [4.69, 9.17) is 0 Å². The number of rotatable bonds is 5. The van der Waals surface area contributed by atoms with Gasteiger partial charge in [0.2, 0.25) is 5.91 Å². The average molecular weight is 429 g/mol. The van der Waals surface area contributed by atoms with Crippen LogP contribution in [0.15, 0.2) is 12.2 Å². The van der Waals surface area contributed by atoms with Crippen molar-refractivity contribution in [2.45, 2.75) is 57.9 Å². The van der Waals surface area contributed by atoms with Crippen LogP contribution in [0.2, 0.25) is 0 Å². The zero-order valence-corrected chi connectivity index (χ0v) is 18.0. The molecule has 0 saturated heterocycles. The van der Waals surface area contributed by atoms with Crippen LogP contribution in [0, 0.1) is 29.6 Å². The third kappa shape index (κ3) is 3.47. The summed E-state index contributed by atoms with van der Waals surface area (Å²) < 4.78 is 0. The summed E-state index contributed by atoms with van der Waals surface area (Å²) in [6.07, 6.45) is 10.5. The van der Waals surface area contributed by atoms with E-state index in [2.05, 4.69) is 17.6 Å². The highest BCUT2D eigenvalue weighted by Crippen LogP contribution is 2.46. The van der Waals surface area contributed by atoms with Gasteiger partial charge in [-0.3, -0.25) is 14.4 Å². The van der Waals surface area contributed by atoms with Crippen LogP contribution in [-0.2, 0) is 22.4 Å². The molecule has 2 saturated carbocycles. The van der Waals surface area contributed by atoms with E-state index in [-0.39, 0.29) is 29.7 Å². The minimum absolute atomic E-state index is 0.0468. The molecule has 1 aromatic heterocycles. The number of amides is 2. The Labute approximate surface area is 180 Å². The van der Waals surface area contributed by atoms with E-state index in [9.17, 15) is 19.5 Å². The second-order valence-electron chi connectivity index (χ2n) is 9.47. The summed E-state index contributed by atoms with van der Waals surface area (Å²) >= 11 is 1.51. The van der Waals surface area contributed by atoms with Gasteiger partial charge in [0.05, 0.1) is 17.4 Å². The molecule has 2 fully saturated rings. The molecule has 0 spiro atoms. The van der Waals surface area contributed by atoms with Crippen LogP contribution in [-0.4, -0.2) is 28.9 Å². The van der Waals surface area contributed by atoms with Crippen LogP contribution in [0.1, 0.15) is 59.8 Å². The SMILES string of the molecule is C[C@@H]1CCc2c(sc(NC(=O)[C@H]3[C@@H](C(=O)O)[C@H]4C=C[C@H]3CC4)c2C(=O)NC2CC2)C1. The molecule has 6 nitrogen and oxygen atoms in total. The highest BCUT2D eigenvalue weighted by Gasteiger charge is 2.48. The zero-order chi connectivity index (χ0) is 21.0. The van der Waals surface area contributed by atoms with Gasteiger partial charge in [-0.2, -0.15) is 0 Å². The predicted molar refractivity (Wildman–Crippen MR) is 115 cm³/mol. The number of hydrogen-bond donors (Lipinski definition) is 3. The maximum absolute atomic E-state index is 13.3. The number of aliphatic carboxylic acids is 1. The Morgan fingerprint density at radius 1 is 1.03 bits per heavy atom. The van der Waals surface area contributed by atoms with Crippen molar-refractivity contribution in [1.29, 1.82) is 0 Å². The van der Waals surface area contributed by atoms with Gasteiger partial charge in [-0.05, 0) is 68.3 Å². The van der Waals surface area contributed by atoms with Crippen molar-refractivity contribution in [3.8, 4) is 0 Å². The van der Waals surface area contributed by atoms with E-state index < -0.39 is 17.8 Å². The lowest BCUT2D eigenvalue weighted by atomic mass is 9.62. The van der Waals surface area contributed by atoms with Gasteiger partial charge < -0.3 is 15.7 Å². The smallest absolute Gasteiger partial charge is 0.307 e. The summed E-state index contributed by atoms with van der Waals surface area (Å²) in [5, 5.41) is 16.5. The number of carboxylic acid groups (broad SMARTS) is 1. The molecule has 2 bridgehead atoms. The molecule has 1 heterocycles. The number of allylic oxidation sites excluding steroid dienone is 2. The van der Waals surface area contributed by atoms with Crippen LogP contribution < -0.4 is 10.6 Å². The third-order valence-corrected chi connectivity index (χ3v) is 8.39. The van der Waals surface area contributed by atoms with Crippen molar-refractivity contribution in [1.82, 2.24) is 5.32 Å². The average Bonchev–Trinajstić information content (AvgIpc) is 3.46. The van der Waals surface area contributed by atoms with Crippen molar-refractivity contribution in [2.24, 2.45) is 29.6 Å². The van der Waals surface area contributed by atoms with Crippen molar-refractivity contribution in [2.75, 3.05) is 5.32 Å². The Morgan fingerprint density at radius 2 is 1.73 bits per heavy atom. The van der Waals surface area contributed by atoms with Crippen LogP contribution in [0.3, 0.4) is 0 Å². The van der Waals surface area contributed by atoms with E-state index in [1.165, 1.54) is 16.2 Å². The van der Waals surface area contributed by atoms with Gasteiger partial charge in [0, 0.05) is 10.9 Å². The second-order valence-corrected chi connectivity index (χ2v) is 10.6. The lowest BCUT2D eigenvalue weighted by molar-refractivity contribution is -0.151. The van der Waals surface area contributed by atoms with Crippen LogP contribution >= 0.6 is 11.3 Å². The van der Waals surface area contributed by atoms with Crippen LogP contribution in [0.4, 0.5) is 5.00 Å². The highest BCUT2D eigenvalue weighted by atomic mass is 32.1. The van der Waals surface area contributed by atoms with Gasteiger partial charge in [-0.15, -0.1) is 11.3 Å². The molecule has 0 aromatic carbocycles. The van der Waals surface area contributed by atoms with Gasteiger partial charge in [0.15, 0.2) is 0 Å². The molecule has 3 N–H and O–H groups in total. The maximum Gasteiger partial charge on any atom is 0.307 e. The van der Waals surface area contributed by atoms with Crippen molar-refractivity contribution in [3.63, 3.8) is 0 Å². The maximum atomic E-state index is 13.3. The van der Waals surface area contributed by atoms with E-state index >= 15 is 0 Å². The number of hydrogen-bond acceptors (Lipinski definition) is 4. The van der Waals surface area contributed by atoms with Crippen LogP contribution in [0.5, 0.6) is 0 Å². The molecule has 0 unspecified atom stereocenters. The third-order valence-electron chi connectivity index (χ3n) is 7.22. The Morgan fingerprint density at radius 3 is 2.37 bits per heavy atom. The monoisotopic (exact) mass is 428 g/mol. The Bertz CT molecular complexity index is 932. The standard InChI is InChI=1S/C23H28N2O4S/c1-11-2-9-15-16(10-11)30-22(19(15)21(27)24-14-7-8-14)25-20(26)17-12-3-5-13(6-4-12)18(17)23(28)29/h3,5,11-14,17-18H,2,4,6-10H2,1H3,(H,24,27)(H,25,26)(H,28,29)/t11-,12+,13+,17-,18+/m1/s1. The number of fused-ring (bicyclic) bond motifs is 3. The van der Waals surface area contributed by atoms with E-state index in [1.54, 1.807) is 0 Å². The van der Waals surface area contributed by atoms with E-state index in [0.717, 1.165) is 50.5 Å². The summed E-state index contributed by atoms with van der Waals surface area (Å²) in [6.45, 7) is 2.22. The Kier molecular flexibility index (Phi) is 4.96. The minimum atomic E-state index is -0.903. The molecule has 160 valence electrons. The fraction of sp³-hybridized carbons (Fsp3) is 0.609. The molecule has 0 aliphatic heterocycles. The molecule has 0 radical (unpaired) electrons. The van der Waals surface area contributed by atoms with E-state index in [0.29, 0.717) is 16.5 Å². The topological polar surface area (TPSA) is 95.5 Å². The first-order valence-corrected chi connectivity index (χ1v) is 11.9. The number of nitrogens with one attached hydrogen (secondary N) is 2. The summed E-state index contributed by atoms with van der Waals surface area (Å²) in [5.41, 5.74) is 1.69. The normalized spacial score (nSPS) is 31.8. The highest BCUT2D eigenvalue weighted by molar-refractivity contribution is 7.17. The first-order chi connectivity index (χ1) is 14.4. The molecular weight excluding hydrogens is 400 g/mol. The first-order valence-electron chi connectivity index (χ1n) is 11.1. The molecule has 5 aliphatic rings. The molecule has 1 aromatic rings. The summed E-state index contributed by atoms with van der Waals surface area (Å²) in [7, 11) is 0. The minimum Gasteiger partial charge on any atom is -0.481 e. The van der Waals surface area contributed by atoms with Gasteiger partial charge >= 0.3 is 5.97 Å². The first kappa shape index (κ1) is 19.8. The lowest BCUT2D eigenvalue weighted by Crippen LogP contribution is -2.47. The number of thiophene rings is 1. The Balaban J connectivity index is 1.45. The van der Waals surface area contributed by atoms with Gasteiger partial charge in [-0.25, -0.2) is 0 Å². The summed E-state index contributed by atoms with van der Waals surface area (Å²) in [5.74, 6) is -2.09. The van der Waals surface area contributed by atoms with Crippen molar-refractivity contribution in [3.05, 3.63) is 28.2 Å². The fourth-order valence-electron chi connectivity index (χ4n) is 5.45. The quantitative estimate of drug-likeness (QED) is 0.624. The molecule has 5 aliphatic carbocycles. The largest absolute Gasteiger partial charge is 0.481 e.